The molecule has 1 unspecified atom stereocenters. The lowest BCUT2D eigenvalue weighted by Gasteiger charge is -2.09. The van der Waals surface area contributed by atoms with Crippen molar-refractivity contribution in [2.24, 2.45) is 0 Å². The fourth-order valence-electron chi connectivity index (χ4n) is 1.92. The van der Waals surface area contributed by atoms with E-state index in [1.54, 1.807) is 36.4 Å². The maximum absolute atomic E-state index is 12.1. The van der Waals surface area contributed by atoms with Crippen LogP contribution in [0, 0.1) is 10.1 Å². The van der Waals surface area contributed by atoms with Gasteiger partial charge < -0.3 is 4.42 Å². The summed E-state index contributed by atoms with van der Waals surface area (Å²) >= 11 is 0. The molecule has 2 rings (SSSR count). The Balaban J connectivity index is 2.12. The molecule has 19 heavy (non-hydrogen) atoms. The summed E-state index contributed by atoms with van der Waals surface area (Å²) in [4.78, 5) is 22.3. The molecular formula is C14H13NO4. The zero-order valence-electron chi connectivity index (χ0n) is 10.2. The summed E-state index contributed by atoms with van der Waals surface area (Å²) in [6, 6.07) is 12.1. The molecule has 98 valence electrons. The van der Waals surface area contributed by atoms with Crippen LogP contribution in [0.3, 0.4) is 0 Å². The average molecular weight is 259 g/mol. The van der Waals surface area contributed by atoms with Gasteiger partial charge in [-0.15, -0.1) is 0 Å². The summed E-state index contributed by atoms with van der Waals surface area (Å²) < 4.78 is 5.18. The Hall–Kier alpha value is -2.43. The minimum absolute atomic E-state index is 0.0680. The van der Waals surface area contributed by atoms with Gasteiger partial charge in [0.2, 0.25) is 6.54 Å². The molecule has 1 aromatic heterocycles. The van der Waals surface area contributed by atoms with Gasteiger partial charge in [-0.2, -0.15) is 0 Å². The molecule has 5 nitrogen and oxygen atoms in total. The van der Waals surface area contributed by atoms with Gasteiger partial charge >= 0.3 is 0 Å². The Morgan fingerprint density at radius 2 is 1.95 bits per heavy atom. The van der Waals surface area contributed by atoms with Gasteiger partial charge in [0.15, 0.2) is 5.78 Å². The van der Waals surface area contributed by atoms with Crippen molar-refractivity contribution < 1.29 is 14.1 Å². The van der Waals surface area contributed by atoms with Crippen LogP contribution in [0.4, 0.5) is 0 Å². The van der Waals surface area contributed by atoms with Crippen LogP contribution in [-0.2, 0) is 0 Å². The molecule has 0 fully saturated rings. The minimum Gasteiger partial charge on any atom is -0.469 e. The first-order chi connectivity index (χ1) is 9.16. The first-order valence-corrected chi connectivity index (χ1v) is 5.90. The number of nitrogens with zero attached hydrogens (tertiary/aromatic N) is 1. The van der Waals surface area contributed by atoms with Crippen molar-refractivity contribution >= 4 is 5.78 Å². The lowest BCUT2D eigenvalue weighted by Crippen LogP contribution is -2.16. The number of Topliss-reactive ketones (excluding diaryl/α,β-unsaturated/α-hetero) is 1. The van der Waals surface area contributed by atoms with E-state index in [0.717, 1.165) is 0 Å². The van der Waals surface area contributed by atoms with Gasteiger partial charge in [-0.25, -0.2) is 0 Å². The summed E-state index contributed by atoms with van der Waals surface area (Å²) in [5.41, 5.74) is 0.558. The van der Waals surface area contributed by atoms with Gasteiger partial charge in [0, 0.05) is 16.9 Å². The number of carbonyl (C=O) groups excluding carboxylic acids is 1. The number of carbonyl (C=O) groups is 1. The third kappa shape index (κ3) is 3.51. The molecule has 0 N–H and O–H groups in total. The highest BCUT2D eigenvalue weighted by Crippen LogP contribution is 2.22. The second kappa shape index (κ2) is 5.95. The zero-order chi connectivity index (χ0) is 13.7. The van der Waals surface area contributed by atoms with E-state index >= 15 is 0 Å². The van der Waals surface area contributed by atoms with Crippen LogP contribution >= 0.6 is 0 Å². The summed E-state index contributed by atoms with van der Waals surface area (Å²) in [7, 11) is 0. The van der Waals surface area contributed by atoms with Gasteiger partial charge in [0.05, 0.1) is 12.2 Å². The maximum atomic E-state index is 12.1. The number of nitro groups is 1. The predicted molar refractivity (Wildman–Crippen MR) is 68.7 cm³/mol. The van der Waals surface area contributed by atoms with E-state index in [1.165, 1.54) is 6.26 Å². The smallest absolute Gasteiger partial charge is 0.214 e. The summed E-state index contributed by atoms with van der Waals surface area (Å²) in [5, 5.41) is 10.7. The molecule has 1 atom stereocenters. The van der Waals surface area contributed by atoms with Crippen molar-refractivity contribution in [2.45, 2.75) is 12.3 Å². The Bertz CT molecular complexity index is 548. The summed E-state index contributed by atoms with van der Waals surface area (Å²) in [5.74, 6) is -0.178. The lowest BCUT2D eigenvalue weighted by molar-refractivity contribution is -0.483. The molecule has 0 aliphatic carbocycles. The standard InChI is InChI=1S/C14H13NO4/c16-13(11-5-2-1-3-6-11)9-12(10-15(17)18)14-7-4-8-19-14/h1-8,12H,9-10H2. The summed E-state index contributed by atoms with van der Waals surface area (Å²) in [6.45, 7) is -0.313. The number of benzene rings is 1. The molecule has 0 radical (unpaired) electrons. The first kappa shape index (κ1) is 13.0. The molecule has 0 aliphatic heterocycles. The van der Waals surface area contributed by atoms with Crippen molar-refractivity contribution in [3.63, 3.8) is 0 Å². The third-order valence-corrected chi connectivity index (χ3v) is 2.84. The fraction of sp³-hybridized carbons (Fsp3) is 0.214. The number of furan rings is 1. The molecule has 1 heterocycles. The van der Waals surface area contributed by atoms with Crippen molar-refractivity contribution in [3.8, 4) is 0 Å². The van der Waals surface area contributed by atoms with Gasteiger partial charge in [-0.05, 0) is 12.1 Å². The predicted octanol–water partition coefficient (Wildman–Crippen LogP) is 2.91. The Morgan fingerprint density at radius 1 is 1.21 bits per heavy atom. The molecule has 2 aromatic rings. The number of hydrogen-bond acceptors (Lipinski definition) is 4. The molecule has 0 bridgehead atoms. The van der Waals surface area contributed by atoms with Gasteiger partial charge in [0.1, 0.15) is 5.76 Å². The van der Waals surface area contributed by atoms with E-state index in [2.05, 4.69) is 0 Å². The number of hydrogen-bond donors (Lipinski definition) is 0. The Labute approximate surface area is 110 Å². The highest BCUT2D eigenvalue weighted by Gasteiger charge is 2.24. The molecule has 5 heteroatoms. The van der Waals surface area contributed by atoms with Crippen LogP contribution in [0.15, 0.2) is 53.1 Å². The normalized spacial score (nSPS) is 12.0. The number of ketones is 1. The molecule has 0 saturated carbocycles. The van der Waals surface area contributed by atoms with Crippen molar-refractivity contribution in [3.05, 3.63) is 70.2 Å². The largest absolute Gasteiger partial charge is 0.469 e. The molecule has 0 amide bonds. The molecule has 1 aromatic carbocycles. The van der Waals surface area contributed by atoms with Gasteiger partial charge in [0.25, 0.3) is 0 Å². The average Bonchev–Trinajstić information content (AvgIpc) is 2.92. The second-order valence-corrected chi connectivity index (χ2v) is 4.22. The molecule has 0 spiro atoms. The number of rotatable bonds is 6. The van der Waals surface area contributed by atoms with E-state index < -0.39 is 10.8 Å². The van der Waals surface area contributed by atoms with Gasteiger partial charge in [-0.1, -0.05) is 30.3 Å². The van der Waals surface area contributed by atoms with Crippen LogP contribution in [0.1, 0.15) is 28.5 Å². The minimum atomic E-state index is -0.530. The van der Waals surface area contributed by atoms with Crippen LogP contribution in [0.2, 0.25) is 0 Å². The van der Waals surface area contributed by atoms with Crippen LogP contribution in [-0.4, -0.2) is 17.3 Å². The van der Waals surface area contributed by atoms with E-state index in [-0.39, 0.29) is 18.7 Å². The lowest BCUT2D eigenvalue weighted by atomic mass is 9.96. The molecule has 0 aliphatic rings. The Morgan fingerprint density at radius 3 is 2.53 bits per heavy atom. The van der Waals surface area contributed by atoms with Crippen molar-refractivity contribution in [1.82, 2.24) is 0 Å². The molecular weight excluding hydrogens is 246 g/mol. The summed E-state index contributed by atoms with van der Waals surface area (Å²) in [6.07, 6.45) is 1.52. The topological polar surface area (TPSA) is 73.3 Å². The van der Waals surface area contributed by atoms with Crippen LogP contribution in [0.25, 0.3) is 0 Å². The van der Waals surface area contributed by atoms with E-state index in [9.17, 15) is 14.9 Å². The van der Waals surface area contributed by atoms with E-state index in [1.807, 2.05) is 6.07 Å². The molecule has 0 saturated heterocycles. The Kier molecular flexibility index (Phi) is 4.07. The SMILES string of the molecule is O=C(CC(C[N+](=O)[O-])c1ccco1)c1ccccc1. The van der Waals surface area contributed by atoms with Crippen molar-refractivity contribution in [1.29, 1.82) is 0 Å². The quantitative estimate of drug-likeness (QED) is 0.454. The van der Waals surface area contributed by atoms with E-state index in [0.29, 0.717) is 11.3 Å². The van der Waals surface area contributed by atoms with Crippen LogP contribution in [0.5, 0.6) is 0 Å². The van der Waals surface area contributed by atoms with Crippen molar-refractivity contribution in [2.75, 3.05) is 6.54 Å². The monoisotopic (exact) mass is 259 g/mol. The third-order valence-electron chi connectivity index (χ3n) is 2.84. The maximum Gasteiger partial charge on any atom is 0.214 e. The van der Waals surface area contributed by atoms with Crippen LogP contribution < -0.4 is 0 Å². The fourth-order valence-corrected chi connectivity index (χ4v) is 1.92. The van der Waals surface area contributed by atoms with Gasteiger partial charge in [-0.3, -0.25) is 14.9 Å². The van der Waals surface area contributed by atoms with E-state index in [4.69, 9.17) is 4.42 Å². The second-order valence-electron chi connectivity index (χ2n) is 4.22. The first-order valence-electron chi connectivity index (χ1n) is 5.90. The highest BCUT2D eigenvalue weighted by molar-refractivity contribution is 5.96. The highest BCUT2D eigenvalue weighted by atomic mass is 16.6. The zero-order valence-corrected chi connectivity index (χ0v) is 10.2.